The molecule has 4 heterocycles. The van der Waals surface area contributed by atoms with E-state index >= 15 is 0 Å². The second kappa shape index (κ2) is 30.4. The van der Waals surface area contributed by atoms with Crippen LogP contribution < -0.4 is 0 Å². The fraction of sp³-hybridized carbons (Fsp3) is 0.243. The summed E-state index contributed by atoms with van der Waals surface area (Å²) in [5.41, 5.74) is 33.0. The maximum atomic E-state index is 5.13. The maximum Gasteiger partial charge on any atom is 3.00 e. The average Bonchev–Trinajstić information content (AvgIpc) is 1.58. The van der Waals surface area contributed by atoms with Gasteiger partial charge in [-0.1, -0.05) is 342 Å². The number of hydrogen-bond donors (Lipinski definition) is 0. The molecule has 11 aromatic carbocycles. The van der Waals surface area contributed by atoms with E-state index < -0.39 is 0 Å². The van der Waals surface area contributed by atoms with Crippen LogP contribution in [0.25, 0.3) is 128 Å². The minimum Gasteiger partial charge on any atom is -0.326 e. The molecule has 0 amide bonds. The summed E-state index contributed by atoms with van der Waals surface area (Å²) in [4.78, 5) is 15.2. The third kappa shape index (κ3) is 15.4. The van der Waals surface area contributed by atoms with E-state index in [1.165, 1.54) is 94.2 Å². The Morgan fingerprint density at radius 2 is 0.643 bits per heavy atom. The third-order valence-electron chi connectivity index (χ3n) is 23.4. The Morgan fingerprint density at radius 1 is 0.277 bits per heavy atom. The normalized spacial score (nSPS) is 15.0. The Morgan fingerprint density at radius 3 is 1.09 bits per heavy atom. The first kappa shape index (κ1) is 76.7. The van der Waals surface area contributed by atoms with Crippen LogP contribution in [0.3, 0.4) is 0 Å². The monoisotopic (exact) mass is 1630 g/mol. The van der Waals surface area contributed by atoms with Gasteiger partial charge in [-0.2, -0.15) is 0 Å². The molecule has 1 aliphatic rings. The molecular formula is C107H101IrN4. The third-order valence-corrected chi connectivity index (χ3v) is 23.4. The van der Waals surface area contributed by atoms with E-state index in [-0.39, 0.29) is 64.9 Å². The fourth-order valence-corrected chi connectivity index (χ4v) is 17.0. The first-order chi connectivity index (χ1) is 53.2. The van der Waals surface area contributed by atoms with Gasteiger partial charge in [0.05, 0.1) is 11.0 Å². The number of aromatic nitrogens is 4. The van der Waals surface area contributed by atoms with Gasteiger partial charge in [0.15, 0.2) is 0 Å². The molecule has 1 aliphatic carbocycles. The molecule has 4 nitrogen and oxygen atoms in total. The van der Waals surface area contributed by atoms with Crippen LogP contribution in [0.15, 0.2) is 286 Å². The van der Waals surface area contributed by atoms with Gasteiger partial charge in [-0.3, -0.25) is 0 Å². The summed E-state index contributed by atoms with van der Waals surface area (Å²) in [5.74, 6) is 0.250. The zero-order valence-corrected chi connectivity index (χ0v) is 70.0. The second-order valence-corrected chi connectivity index (χ2v) is 36.2. The number of para-hydroxylation sites is 1. The first-order valence-corrected chi connectivity index (χ1v) is 39.8. The minimum atomic E-state index is -0.147. The number of pyridine rings is 3. The number of benzene rings is 11. The number of fused-ring (bicyclic) bond motifs is 3. The number of nitrogens with zero attached hydrogens (tertiary/aromatic N) is 4. The molecule has 0 radical (unpaired) electrons. The molecule has 15 aromatic rings. The molecule has 0 N–H and O–H groups in total. The van der Waals surface area contributed by atoms with Crippen molar-refractivity contribution in [2.45, 2.75) is 168 Å². The molecule has 2 atom stereocenters. The van der Waals surface area contributed by atoms with Crippen molar-refractivity contribution in [2.24, 2.45) is 0 Å². The molecule has 0 bridgehead atoms. The van der Waals surface area contributed by atoms with Crippen LogP contribution in [-0.2, 0) is 47.2 Å². The minimum absolute atomic E-state index is 0. The van der Waals surface area contributed by atoms with Crippen molar-refractivity contribution in [3.63, 3.8) is 0 Å². The molecule has 0 spiro atoms. The van der Waals surface area contributed by atoms with Gasteiger partial charge in [0.1, 0.15) is 0 Å². The van der Waals surface area contributed by atoms with Crippen LogP contribution in [0.5, 0.6) is 0 Å². The first-order valence-electron chi connectivity index (χ1n) is 39.8. The Bertz CT molecular complexity index is 5750. The summed E-state index contributed by atoms with van der Waals surface area (Å²) >= 11 is 0. The van der Waals surface area contributed by atoms with Gasteiger partial charge in [-0.15, -0.1) is 71.3 Å². The maximum absolute atomic E-state index is 5.13. The van der Waals surface area contributed by atoms with Crippen LogP contribution in [0.2, 0.25) is 0 Å². The molecular weight excluding hydrogens is 1530 g/mol. The van der Waals surface area contributed by atoms with Crippen molar-refractivity contribution in [3.05, 3.63) is 348 Å². The van der Waals surface area contributed by atoms with E-state index in [4.69, 9.17) is 15.0 Å². The van der Waals surface area contributed by atoms with E-state index in [0.29, 0.717) is 0 Å². The quantitative estimate of drug-likeness (QED) is 0.108. The zero-order valence-electron chi connectivity index (χ0n) is 67.6. The smallest absolute Gasteiger partial charge is 0.326 e. The number of hydrogen-bond acceptors (Lipinski definition) is 3. The average molecular weight is 1640 g/mol. The second-order valence-electron chi connectivity index (χ2n) is 36.2. The molecule has 5 heteroatoms. The van der Waals surface area contributed by atoms with Crippen molar-refractivity contribution in [3.8, 4) is 106 Å². The van der Waals surface area contributed by atoms with Crippen LogP contribution in [0.1, 0.15) is 185 Å². The fourth-order valence-electron chi connectivity index (χ4n) is 17.0. The van der Waals surface area contributed by atoms with Crippen LogP contribution >= 0.6 is 0 Å². The summed E-state index contributed by atoms with van der Waals surface area (Å²) < 4.78 is 2.53. The van der Waals surface area contributed by atoms with Gasteiger partial charge in [-0.05, 0) is 190 Å². The molecule has 1 fully saturated rings. The van der Waals surface area contributed by atoms with Gasteiger partial charge >= 0.3 is 20.1 Å². The zero-order chi connectivity index (χ0) is 77.3. The van der Waals surface area contributed by atoms with Crippen LogP contribution in [0.4, 0.5) is 0 Å². The largest absolute Gasteiger partial charge is 3.00 e. The Kier molecular flexibility index (Phi) is 20.8. The van der Waals surface area contributed by atoms with Gasteiger partial charge in [0, 0.05) is 29.4 Å². The van der Waals surface area contributed by atoms with Gasteiger partial charge in [0.25, 0.3) is 0 Å². The predicted molar refractivity (Wildman–Crippen MR) is 468 cm³/mol. The molecule has 16 rings (SSSR count). The molecule has 0 saturated heterocycles. The van der Waals surface area contributed by atoms with E-state index in [9.17, 15) is 0 Å². The molecule has 112 heavy (non-hydrogen) atoms. The molecule has 0 aliphatic heterocycles. The van der Waals surface area contributed by atoms with Gasteiger partial charge in [0.2, 0.25) is 0 Å². The molecule has 2 unspecified atom stereocenters. The Balaban J connectivity index is 0.00000992. The van der Waals surface area contributed by atoms with E-state index in [1.54, 1.807) is 0 Å². The Labute approximate surface area is 679 Å². The summed E-state index contributed by atoms with van der Waals surface area (Å²) in [7, 11) is 0. The standard InChI is InChI=1S/C107H101N4.Ir/c1-103(2,3)79-43-48-85(94(64-79)88-45-39-73(61-92(88)70-31-21-17-22-32-70)97-66-81(51-54-108-97)105(7,8)9)77-57-76(58-78(59-77)86-49-44-80(104(4,5)6)65-95(86)89-46-40-74(62-93(89)71-33-23-18-24-34-71)98-67-82(52-55-109-98)106(10,11)12)84-35-25-26-36-87(84)91-47-41-75(99-68-83(53-56-110-99)107(13,14)15)63-102(91)111-100-38-28-27-37-90(100)96-60-72(42-50-101(96)111)69-29-19-16-20-30-69;/h16-38,42-56,60-68,76-78H,57-59H2,1-15H3;/q-3;+3. The van der Waals surface area contributed by atoms with Crippen molar-refractivity contribution in [1.82, 2.24) is 19.5 Å². The van der Waals surface area contributed by atoms with E-state index in [1.807, 2.05) is 18.6 Å². The van der Waals surface area contributed by atoms with Crippen molar-refractivity contribution < 1.29 is 20.1 Å². The summed E-state index contributed by atoms with van der Waals surface area (Å²) in [5, 5.41) is 2.41. The van der Waals surface area contributed by atoms with E-state index in [2.05, 4.69) is 394 Å². The molecule has 558 valence electrons. The molecule has 4 aromatic heterocycles. The summed E-state index contributed by atoms with van der Waals surface area (Å²) in [6.45, 7) is 34.6. The van der Waals surface area contributed by atoms with Crippen molar-refractivity contribution in [2.75, 3.05) is 0 Å². The topological polar surface area (TPSA) is 43.6 Å². The Hall–Kier alpha value is -10.7. The van der Waals surface area contributed by atoms with Crippen molar-refractivity contribution in [1.29, 1.82) is 0 Å². The van der Waals surface area contributed by atoms with Gasteiger partial charge < -0.3 is 19.5 Å². The van der Waals surface area contributed by atoms with Crippen LogP contribution in [0, 0.1) is 18.2 Å². The predicted octanol–water partition coefficient (Wildman–Crippen LogP) is 28.7. The summed E-state index contributed by atoms with van der Waals surface area (Å²) in [6, 6.07) is 112. The summed E-state index contributed by atoms with van der Waals surface area (Å²) in [6.07, 6.45) is 8.64. The van der Waals surface area contributed by atoms with Crippen molar-refractivity contribution >= 4 is 21.8 Å². The van der Waals surface area contributed by atoms with E-state index in [0.717, 1.165) is 97.6 Å². The molecule has 1 saturated carbocycles. The number of rotatable bonds is 13. The SMILES string of the molecule is CC(C)(C)c1ccnc(-c2[c-]cc(-c3cc(C(C)(C)C)ccc3C3CC(c4ccc(C(C)(C)C)cc4-c4c[c-]c(-c5cc(C(C)(C)C)ccn5)cc4-c4ccccc4)CC(c4ccccc4-c4c[c-]c(-c5cc(C(C)(C)C)ccn5)cc4-n4c5ccccc5c5cc(-c6ccccc6)ccc54)C3)c(-c3ccccc3)c2)c1.[Ir+3]. The van der Waals surface area contributed by atoms with Crippen LogP contribution in [-0.4, -0.2) is 19.5 Å². The van der Waals surface area contributed by atoms with Gasteiger partial charge in [-0.25, -0.2) is 0 Å².